The van der Waals surface area contributed by atoms with Crippen LogP contribution >= 0.6 is 0 Å². The first kappa shape index (κ1) is 29.8. The molecule has 0 radical (unpaired) electrons. The second-order valence-corrected chi connectivity index (χ2v) is 24.9. The first-order valence-electron chi connectivity index (χ1n) is 15.5. The molecule has 37 heavy (non-hydrogen) atoms. The molecule has 0 unspecified atom stereocenters. The molecule has 0 N–H and O–H groups in total. The van der Waals surface area contributed by atoms with E-state index in [9.17, 15) is 4.79 Å². The fourth-order valence-corrected chi connectivity index (χ4v) is 12.3. The summed E-state index contributed by atoms with van der Waals surface area (Å²) in [7, 11) is -1.69. The Morgan fingerprint density at radius 1 is 0.865 bits per heavy atom. The molecule has 0 bridgehead atoms. The summed E-state index contributed by atoms with van der Waals surface area (Å²) in [6, 6.07) is 0. The van der Waals surface area contributed by atoms with E-state index in [4.69, 9.17) is 13.6 Å². The first-order valence-corrected chi connectivity index (χ1v) is 22.3. The number of carbonyl (C=O) groups excluding carboxylic acids is 1. The summed E-state index contributed by atoms with van der Waals surface area (Å²) < 4.78 is 18.8. The largest absolute Gasteiger partial charge is 0.469 e. The van der Waals surface area contributed by atoms with E-state index in [-0.39, 0.29) is 5.97 Å². The lowest BCUT2D eigenvalue weighted by atomic mass is 9.43. The number of ether oxygens (including phenoxy) is 1. The highest BCUT2D eigenvalue weighted by molar-refractivity contribution is 6.70. The quantitative estimate of drug-likeness (QED) is 0.225. The molecule has 0 heterocycles. The monoisotopic (exact) mass is 550 g/mol. The minimum atomic E-state index is -1.67. The summed E-state index contributed by atoms with van der Waals surface area (Å²) in [5.74, 6) is 4.18. The molecule has 0 saturated heterocycles. The SMILES string of the molecule is COC(=O)CC[C@@H](C)[C@H]1CC[C@H]2[C@@H]3[C@H](O[Si](C)(C)C)C[C@@H]4C[C@@H](O[Si](C)(C)C)CC[C@]4(C)[C@H]3CC[C@]12C. The van der Waals surface area contributed by atoms with E-state index in [2.05, 4.69) is 60.1 Å². The van der Waals surface area contributed by atoms with Gasteiger partial charge in [-0.1, -0.05) is 20.8 Å². The molecule has 0 aliphatic heterocycles. The average Bonchev–Trinajstić information content (AvgIpc) is 3.13. The molecule has 0 spiro atoms. The van der Waals surface area contributed by atoms with Gasteiger partial charge in [-0.25, -0.2) is 0 Å². The molecule has 4 rings (SSSR count). The molecule has 4 aliphatic rings. The van der Waals surface area contributed by atoms with Crippen LogP contribution in [0.3, 0.4) is 0 Å². The lowest BCUT2D eigenvalue weighted by Crippen LogP contribution is -2.60. The average molecular weight is 551 g/mol. The summed E-state index contributed by atoms with van der Waals surface area (Å²) >= 11 is 0. The lowest BCUT2D eigenvalue weighted by molar-refractivity contribution is -0.168. The van der Waals surface area contributed by atoms with Gasteiger partial charge in [0.25, 0.3) is 0 Å². The van der Waals surface area contributed by atoms with Crippen molar-refractivity contribution in [2.45, 2.75) is 136 Å². The predicted molar refractivity (Wildman–Crippen MR) is 157 cm³/mol. The number of hydrogen-bond acceptors (Lipinski definition) is 4. The third kappa shape index (κ3) is 6.12. The van der Waals surface area contributed by atoms with Crippen LogP contribution in [0.1, 0.15) is 85.0 Å². The Kier molecular flexibility index (Phi) is 8.59. The Bertz CT molecular complexity index is 819. The molecule has 4 saturated carbocycles. The highest BCUT2D eigenvalue weighted by Crippen LogP contribution is 2.69. The van der Waals surface area contributed by atoms with Crippen molar-refractivity contribution in [3.8, 4) is 0 Å². The minimum absolute atomic E-state index is 0.0567. The number of hydrogen-bond donors (Lipinski definition) is 0. The summed E-state index contributed by atoms with van der Waals surface area (Å²) in [6.45, 7) is 21.9. The summed E-state index contributed by atoms with van der Waals surface area (Å²) in [5, 5.41) is 0. The highest BCUT2D eigenvalue weighted by atomic mass is 28.4. The van der Waals surface area contributed by atoms with Crippen molar-refractivity contribution in [2.24, 2.45) is 46.3 Å². The van der Waals surface area contributed by atoms with E-state index < -0.39 is 16.6 Å². The van der Waals surface area contributed by atoms with Gasteiger partial charge in [0.1, 0.15) is 0 Å². The Morgan fingerprint density at radius 3 is 2.11 bits per heavy atom. The number of carbonyl (C=O) groups is 1. The zero-order valence-corrected chi connectivity index (χ0v) is 27.8. The first-order chi connectivity index (χ1) is 17.1. The molecule has 0 aromatic carbocycles. The van der Waals surface area contributed by atoms with Crippen molar-refractivity contribution in [3.63, 3.8) is 0 Å². The van der Waals surface area contributed by atoms with Crippen LogP contribution in [0, 0.1) is 46.3 Å². The van der Waals surface area contributed by atoms with Gasteiger partial charge in [0.15, 0.2) is 16.6 Å². The molecule has 4 fully saturated rings. The molecular formula is C31H58O4Si2. The number of esters is 1. The highest BCUT2D eigenvalue weighted by Gasteiger charge is 2.63. The van der Waals surface area contributed by atoms with Crippen LogP contribution < -0.4 is 0 Å². The summed E-state index contributed by atoms with van der Waals surface area (Å²) in [6.07, 6.45) is 12.8. The maximum absolute atomic E-state index is 11.9. The second-order valence-electron chi connectivity index (χ2n) is 15.9. The van der Waals surface area contributed by atoms with Crippen LogP contribution in [-0.2, 0) is 18.4 Å². The Balaban J connectivity index is 1.59. The van der Waals surface area contributed by atoms with Gasteiger partial charge in [0, 0.05) is 18.6 Å². The Labute approximate surface area is 230 Å². The number of rotatable bonds is 8. The van der Waals surface area contributed by atoms with Crippen LogP contribution in [0.25, 0.3) is 0 Å². The third-order valence-electron chi connectivity index (χ3n) is 11.4. The number of fused-ring (bicyclic) bond motifs is 5. The van der Waals surface area contributed by atoms with Gasteiger partial charge in [0.2, 0.25) is 0 Å². The van der Waals surface area contributed by atoms with Crippen LogP contribution in [0.2, 0.25) is 39.3 Å². The van der Waals surface area contributed by atoms with E-state index >= 15 is 0 Å². The fourth-order valence-electron chi connectivity index (χ4n) is 9.97. The fraction of sp³-hybridized carbons (Fsp3) is 0.968. The van der Waals surface area contributed by atoms with E-state index in [0.717, 1.165) is 24.2 Å². The van der Waals surface area contributed by atoms with Gasteiger partial charge < -0.3 is 13.6 Å². The Morgan fingerprint density at radius 2 is 1.49 bits per heavy atom. The van der Waals surface area contributed by atoms with Crippen LogP contribution in [0.15, 0.2) is 0 Å². The summed E-state index contributed by atoms with van der Waals surface area (Å²) in [4.78, 5) is 11.9. The zero-order valence-electron chi connectivity index (χ0n) is 25.8. The maximum Gasteiger partial charge on any atom is 0.305 e. The second kappa shape index (κ2) is 10.7. The Hall–Kier alpha value is -0.176. The molecule has 6 heteroatoms. The predicted octanol–water partition coefficient (Wildman–Crippen LogP) is 8.28. The topological polar surface area (TPSA) is 44.8 Å². The molecular weight excluding hydrogens is 493 g/mol. The van der Waals surface area contributed by atoms with Crippen molar-refractivity contribution in [1.82, 2.24) is 0 Å². The molecule has 10 atom stereocenters. The maximum atomic E-state index is 11.9. The molecule has 4 aliphatic carbocycles. The van der Waals surface area contributed by atoms with Crippen LogP contribution in [-0.4, -0.2) is 41.9 Å². The minimum Gasteiger partial charge on any atom is -0.469 e. The lowest BCUT2D eigenvalue weighted by Gasteiger charge is -2.64. The van der Waals surface area contributed by atoms with Gasteiger partial charge in [-0.05, 0) is 143 Å². The molecule has 0 amide bonds. The summed E-state index contributed by atoms with van der Waals surface area (Å²) in [5.41, 5.74) is 0.804. The third-order valence-corrected chi connectivity index (χ3v) is 13.5. The van der Waals surface area contributed by atoms with E-state index in [1.54, 1.807) is 0 Å². The van der Waals surface area contributed by atoms with Gasteiger partial charge in [-0.15, -0.1) is 0 Å². The van der Waals surface area contributed by atoms with Crippen molar-refractivity contribution < 1.29 is 18.4 Å². The standard InChI is InChI=1S/C31H58O4Si2/c1-21(11-14-28(32)33-4)24-12-13-25-29-26(16-18-31(24,25)3)30(2)17-15-23(34-36(5,6)7)19-22(30)20-27(29)35-37(8,9)10/h21-27,29H,11-20H2,1-10H3/t21-,22+,23+,24-,25+,26+,27-,29+,30+,31-/m1/s1. The van der Waals surface area contributed by atoms with E-state index in [1.165, 1.54) is 58.5 Å². The van der Waals surface area contributed by atoms with E-state index in [1.807, 2.05) is 0 Å². The molecule has 0 aromatic rings. The van der Waals surface area contributed by atoms with E-state index in [0.29, 0.717) is 47.2 Å². The van der Waals surface area contributed by atoms with Crippen molar-refractivity contribution in [2.75, 3.05) is 7.11 Å². The zero-order chi connectivity index (χ0) is 27.4. The van der Waals surface area contributed by atoms with Gasteiger partial charge in [-0.2, -0.15) is 0 Å². The van der Waals surface area contributed by atoms with Crippen molar-refractivity contribution >= 4 is 22.6 Å². The van der Waals surface area contributed by atoms with Gasteiger partial charge in [0.05, 0.1) is 7.11 Å². The van der Waals surface area contributed by atoms with Gasteiger partial charge >= 0.3 is 5.97 Å². The van der Waals surface area contributed by atoms with Crippen LogP contribution in [0.5, 0.6) is 0 Å². The molecule has 214 valence electrons. The molecule has 0 aromatic heterocycles. The number of methoxy groups -OCH3 is 1. The van der Waals surface area contributed by atoms with Crippen molar-refractivity contribution in [1.29, 1.82) is 0 Å². The molecule has 4 nitrogen and oxygen atoms in total. The normalized spacial score (nSPS) is 42.9. The smallest absolute Gasteiger partial charge is 0.305 e. The van der Waals surface area contributed by atoms with Gasteiger partial charge in [-0.3, -0.25) is 4.79 Å². The van der Waals surface area contributed by atoms with Crippen molar-refractivity contribution in [3.05, 3.63) is 0 Å². The van der Waals surface area contributed by atoms with Crippen LogP contribution in [0.4, 0.5) is 0 Å².